The van der Waals surface area contributed by atoms with Crippen molar-refractivity contribution in [3.05, 3.63) is 107 Å². The first kappa shape index (κ1) is 26.1. The Morgan fingerprint density at radius 2 is 1.49 bits per heavy atom. The highest BCUT2D eigenvalue weighted by atomic mass is 19.1. The van der Waals surface area contributed by atoms with Crippen LogP contribution in [0.1, 0.15) is 42.5 Å². The molecule has 3 aromatic carbocycles. The highest BCUT2D eigenvalue weighted by Crippen LogP contribution is 2.17. The van der Waals surface area contributed by atoms with Crippen molar-refractivity contribution in [1.82, 2.24) is 10.2 Å². The third kappa shape index (κ3) is 8.36. The molecule has 4 nitrogen and oxygen atoms in total. The minimum atomic E-state index is -0.674. The van der Waals surface area contributed by atoms with Gasteiger partial charge < -0.3 is 10.2 Å². The summed E-state index contributed by atoms with van der Waals surface area (Å²) in [5, 5.41) is 3.02. The summed E-state index contributed by atoms with van der Waals surface area (Å²) in [6, 6.07) is 23.3. The Morgan fingerprint density at radius 1 is 0.857 bits per heavy atom. The monoisotopic (exact) mass is 474 g/mol. The molecule has 5 heteroatoms. The Morgan fingerprint density at radius 3 is 2.11 bits per heavy atom. The van der Waals surface area contributed by atoms with E-state index in [4.69, 9.17) is 0 Å². The number of carbonyl (C=O) groups is 2. The molecular weight excluding hydrogens is 439 g/mol. The third-order valence-corrected chi connectivity index (χ3v) is 5.97. The molecule has 0 heterocycles. The van der Waals surface area contributed by atoms with Gasteiger partial charge in [-0.3, -0.25) is 9.59 Å². The van der Waals surface area contributed by atoms with Gasteiger partial charge in [-0.25, -0.2) is 4.39 Å². The van der Waals surface area contributed by atoms with Gasteiger partial charge in [-0.15, -0.1) is 0 Å². The molecule has 2 amide bonds. The molecule has 0 saturated heterocycles. The molecule has 3 rings (SSSR count). The van der Waals surface area contributed by atoms with Gasteiger partial charge in [-0.1, -0.05) is 86.1 Å². The van der Waals surface area contributed by atoms with E-state index in [1.807, 2.05) is 75.4 Å². The first-order valence-electron chi connectivity index (χ1n) is 12.2. The highest BCUT2D eigenvalue weighted by molar-refractivity contribution is 5.88. The van der Waals surface area contributed by atoms with Crippen molar-refractivity contribution in [3.63, 3.8) is 0 Å². The molecule has 184 valence electrons. The van der Waals surface area contributed by atoms with Crippen LogP contribution in [0.15, 0.2) is 78.9 Å². The number of hydrogen-bond donors (Lipinski definition) is 1. The van der Waals surface area contributed by atoms with Crippen molar-refractivity contribution >= 4 is 11.8 Å². The molecule has 1 atom stereocenters. The summed E-state index contributed by atoms with van der Waals surface area (Å²) in [5.41, 5.74) is 4.01. The second-order valence-electron chi connectivity index (χ2n) is 9.48. The second-order valence-corrected chi connectivity index (χ2v) is 9.48. The molecule has 0 radical (unpaired) electrons. The lowest BCUT2D eigenvalue weighted by Gasteiger charge is -2.32. The van der Waals surface area contributed by atoms with Crippen LogP contribution in [0.4, 0.5) is 4.39 Å². The summed E-state index contributed by atoms with van der Waals surface area (Å²) in [5.74, 6) is -0.315. The van der Waals surface area contributed by atoms with Gasteiger partial charge in [-0.05, 0) is 48.1 Å². The SMILES string of the molecule is Cc1ccc(CCC(=O)N(Cc2ccc(F)cc2)[C@@H](Cc2ccccc2)C(=O)NCC(C)C)cc1. The summed E-state index contributed by atoms with van der Waals surface area (Å²) in [4.78, 5) is 28.6. The first-order valence-corrected chi connectivity index (χ1v) is 12.2. The molecule has 0 bridgehead atoms. The predicted octanol–water partition coefficient (Wildman–Crippen LogP) is 5.48. The Bertz CT molecular complexity index is 1080. The standard InChI is InChI=1S/C30H35FN2O2/c1-22(2)20-32-30(35)28(19-25-7-5-4-6-8-25)33(21-26-13-16-27(31)17-14-26)29(34)18-15-24-11-9-23(3)10-12-24/h4-14,16-17,22,28H,15,18-21H2,1-3H3,(H,32,35)/t28-/m0/s1. The molecule has 0 aliphatic carbocycles. The van der Waals surface area contributed by atoms with Crippen LogP contribution < -0.4 is 5.32 Å². The van der Waals surface area contributed by atoms with Gasteiger partial charge in [0.05, 0.1) is 0 Å². The van der Waals surface area contributed by atoms with Crippen molar-refractivity contribution in [2.75, 3.05) is 6.54 Å². The number of rotatable bonds is 11. The number of nitrogens with one attached hydrogen (secondary N) is 1. The Balaban J connectivity index is 1.88. The van der Waals surface area contributed by atoms with Crippen molar-refractivity contribution in [1.29, 1.82) is 0 Å². The van der Waals surface area contributed by atoms with E-state index in [1.54, 1.807) is 17.0 Å². The molecule has 35 heavy (non-hydrogen) atoms. The fourth-order valence-electron chi connectivity index (χ4n) is 3.91. The number of aryl methyl sites for hydroxylation is 2. The van der Waals surface area contributed by atoms with E-state index < -0.39 is 6.04 Å². The van der Waals surface area contributed by atoms with E-state index in [1.165, 1.54) is 17.7 Å². The zero-order chi connectivity index (χ0) is 25.2. The molecule has 0 aliphatic rings. The van der Waals surface area contributed by atoms with Gasteiger partial charge in [0.2, 0.25) is 11.8 Å². The van der Waals surface area contributed by atoms with Gasteiger partial charge in [0.25, 0.3) is 0 Å². The third-order valence-electron chi connectivity index (χ3n) is 5.97. The molecule has 1 N–H and O–H groups in total. The normalized spacial score (nSPS) is 11.8. The fourth-order valence-corrected chi connectivity index (χ4v) is 3.91. The van der Waals surface area contributed by atoms with E-state index in [-0.39, 0.29) is 30.6 Å². The maximum absolute atomic E-state index is 13.6. The Labute approximate surface area is 208 Å². The van der Waals surface area contributed by atoms with Crippen LogP contribution in [0.5, 0.6) is 0 Å². The maximum Gasteiger partial charge on any atom is 0.243 e. The number of benzene rings is 3. The summed E-state index contributed by atoms with van der Waals surface area (Å²) in [6.45, 7) is 6.87. The lowest BCUT2D eigenvalue weighted by Crippen LogP contribution is -2.51. The second kappa shape index (κ2) is 12.8. The quantitative estimate of drug-likeness (QED) is 0.400. The zero-order valence-corrected chi connectivity index (χ0v) is 20.8. The Kier molecular flexibility index (Phi) is 9.59. The predicted molar refractivity (Wildman–Crippen MR) is 138 cm³/mol. The van der Waals surface area contributed by atoms with Crippen LogP contribution in [0, 0.1) is 18.7 Å². The molecule has 0 aliphatic heterocycles. The summed E-state index contributed by atoms with van der Waals surface area (Å²) >= 11 is 0. The zero-order valence-electron chi connectivity index (χ0n) is 20.8. The summed E-state index contributed by atoms with van der Waals surface area (Å²) in [6.07, 6.45) is 1.28. The van der Waals surface area contributed by atoms with Crippen molar-refractivity contribution < 1.29 is 14.0 Å². The number of nitrogens with zero attached hydrogens (tertiary/aromatic N) is 1. The van der Waals surface area contributed by atoms with Gasteiger partial charge in [0.15, 0.2) is 0 Å². The van der Waals surface area contributed by atoms with Crippen molar-refractivity contribution in [2.45, 2.75) is 52.6 Å². The minimum Gasteiger partial charge on any atom is -0.354 e. The van der Waals surface area contributed by atoms with Crippen LogP contribution in [0.2, 0.25) is 0 Å². The van der Waals surface area contributed by atoms with Gasteiger partial charge in [-0.2, -0.15) is 0 Å². The van der Waals surface area contributed by atoms with E-state index in [0.717, 1.165) is 16.7 Å². The van der Waals surface area contributed by atoms with E-state index in [0.29, 0.717) is 25.3 Å². The Hall–Kier alpha value is -3.47. The molecule has 0 aromatic heterocycles. The van der Waals surface area contributed by atoms with E-state index in [9.17, 15) is 14.0 Å². The summed E-state index contributed by atoms with van der Waals surface area (Å²) < 4.78 is 13.5. The highest BCUT2D eigenvalue weighted by Gasteiger charge is 2.30. The van der Waals surface area contributed by atoms with Crippen LogP contribution in [0.25, 0.3) is 0 Å². The topological polar surface area (TPSA) is 49.4 Å². The molecule has 0 fully saturated rings. The lowest BCUT2D eigenvalue weighted by atomic mass is 10.0. The average Bonchev–Trinajstić information content (AvgIpc) is 2.86. The smallest absolute Gasteiger partial charge is 0.243 e. The molecule has 0 unspecified atom stereocenters. The molecule has 0 saturated carbocycles. The van der Waals surface area contributed by atoms with Crippen molar-refractivity contribution in [2.24, 2.45) is 5.92 Å². The van der Waals surface area contributed by atoms with Crippen LogP contribution in [-0.4, -0.2) is 29.3 Å². The van der Waals surface area contributed by atoms with E-state index >= 15 is 0 Å². The van der Waals surface area contributed by atoms with Gasteiger partial charge in [0.1, 0.15) is 11.9 Å². The van der Waals surface area contributed by atoms with Gasteiger partial charge in [0, 0.05) is 25.9 Å². The molecule has 0 spiro atoms. The average molecular weight is 475 g/mol. The molecule has 3 aromatic rings. The molecular formula is C30H35FN2O2. The summed E-state index contributed by atoms with van der Waals surface area (Å²) in [7, 11) is 0. The fraction of sp³-hybridized carbons (Fsp3) is 0.333. The first-order chi connectivity index (χ1) is 16.8. The number of amides is 2. The van der Waals surface area contributed by atoms with Crippen LogP contribution in [-0.2, 0) is 29.0 Å². The van der Waals surface area contributed by atoms with Crippen LogP contribution >= 0.6 is 0 Å². The number of halogens is 1. The number of hydrogen-bond acceptors (Lipinski definition) is 2. The largest absolute Gasteiger partial charge is 0.354 e. The maximum atomic E-state index is 13.6. The lowest BCUT2D eigenvalue weighted by molar-refractivity contribution is -0.141. The van der Waals surface area contributed by atoms with E-state index in [2.05, 4.69) is 5.32 Å². The number of carbonyl (C=O) groups excluding carboxylic acids is 2. The van der Waals surface area contributed by atoms with Crippen molar-refractivity contribution in [3.8, 4) is 0 Å². The minimum absolute atomic E-state index is 0.101. The van der Waals surface area contributed by atoms with Crippen LogP contribution in [0.3, 0.4) is 0 Å². The van der Waals surface area contributed by atoms with Gasteiger partial charge >= 0.3 is 0 Å².